The SMILES string of the molecule is CC(C)(C)C1CC2(CCC1(c1cnnnc1C1(C(C)(C)C)CCC3(CC1C(C)(C)C)OO3)C(C)(C)C)OO2. The highest BCUT2D eigenvalue weighted by Crippen LogP contribution is 2.68. The highest BCUT2D eigenvalue weighted by molar-refractivity contribution is 5.40. The molecule has 7 nitrogen and oxygen atoms in total. The summed E-state index contributed by atoms with van der Waals surface area (Å²) in [6, 6.07) is 0. The van der Waals surface area contributed by atoms with Gasteiger partial charge in [-0.2, -0.15) is 19.6 Å². The Hall–Kier alpha value is -1.15. The zero-order valence-corrected chi connectivity index (χ0v) is 25.9. The Bertz CT molecular complexity index is 983. The first-order valence-electron chi connectivity index (χ1n) is 14.7. The highest BCUT2D eigenvalue weighted by Gasteiger charge is 2.69. The molecule has 38 heavy (non-hydrogen) atoms. The Balaban J connectivity index is 1.79. The molecule has 1 aromatic rings. The quantitative estimate of drug-likeness (QED) is 0.290. The molecule has 0 aromatic carbocycles. The van der Waals surface area contributed by atoms with E-state index in [-0.39, 0.29) is 38.4 Å². The summed E-state index contributed by atoms with van der Waals surface area (Å²) >= 11 is 0. The van der Waals surface area contributed by atoms with Crippen LogP contribution < -0.4 is 0 Å². The summed E-state index contributed by atoms with van der Waals surface area (Å²) in [6.45, 7) is 28.5. The lowest BCUT2D eigenvalue weighted by molar-refractivity contribution is -0.0535. The summed E-state index contributed by atoms with van der Waals surface area (Å²) in [6.07, 6.45) is 7.40. The van der Waals surface area contributed by atoms with Crippen molar-refractivity contribution in [2.24, 2.45) is 33.5 Å². The van der Waals surface area contributed by atoms with E-state index >= 15 is 0 Å². The van der Waals surface area contributed by atoms with Crippen LogP contribution in [0.1, 0.15) is 133 Å². The molecule has 2 saturated heterocycles. The minimum absolute atomic E-state index is 0.00285. The Morgan fingerprint density at radius 2 is 1.05 bits per heavy atom. The highest BCUT2D eigenvalue weighted by atomic mass is 17.4. The molecule has 5 rings (SSSR count). The summed E-state index contributed by atoms with van der Waals surface area (Å²) in [5, 5.41) is 14.0. The van der Waals surface area contributed by atoms with Gasteiger partial charge in [0, 0.05) is 42.1 Å². The van der Waals surface area contributed by atoms with Crippen LogP contribution in [0, 0.1) is 33.5 Å². The van der Waals surface area contributed by atoms with Gasteiger partial charge >= 0.3 is 0 Å². The first-order chi connectivity index (χ1) is 17.2. The average Bonchev–Trinajstić information content (AvgIpc) is 3.70. The average molecular weight is 530 g/mol. The molecule has 214 valence electrons. The van der Waals surface area contributed by atoms with Gasteiger partial charge in [0.25, 0.3) is 0 Å². The largest absolute Gasteiger partial charge is 0.234 e. The molecule has 4 aliphatic rings. The normalized spacial score (nSPS) is 34.9. The lowest BCUT2D eigenvalue weighted by Crippen LogP contribution is -2.60. The van der Waals surface area contributed by atoms with Crippen molar-refractivity contribution < 1.29 is 19.6 Å². The second-order valence-electron chi connectivity index (χ2n) is 17.0. The molecule has 7 heteroatoms. The van der Waals surface area contributed by atoms with Crippen LogP contribution in [0.3, 0.4) is 0 Å². The van der Waals surface area contributed by atoms with Crippen LogP contribution >= 0.6 is 0 Å². The molecule has 0 N–H and O–H groups in total. The molecule has 3 heterocycles. The molecule has 4 unspecified atom stereocenters. The van der Waals surface area contributed by atoms with Crippen LogP contribution in [0.5, 0.6) is 0 Å². The van der Waals surface area contributed by atoms with Crippen LogP contribution in [-0.4, -0.2) is 27.0 Å². The Kier molecular flexibility index (Phi) is 6.13. The van der Waals surface area contributed by atoms with Crippen molar-refractivity contribution in [2.75, 3.05) is 0 Å². The smallest absolute Gasteiger partial charge is 0.195 e. The lowest BCUT2D eigenvalue weighted by atomic mass is 9.42. The maximum Gasteiger partial charge on any atom is 0.234 e. The first-order valence-corrected chi connectivity index (χ1v) is 14.7. The number of hydrogen-bond acceptors (Lipinski definition) is 7. The summed E-state index contributed by atoms with van der Waals surface area (Å²) in [7, 11) is 0. The molecule has 0 radical (unpaired) electrons. The minimum Gasteiger partial charge on any atom is -0.195 e. The van der Waals surface area contributed by atoms with E-state index in [2.05, 4.69) is 99.6 Å². The molecule has 0 amide bonds. The van der Waals surface area contributed by atoms with Gasteiger partial charge in [0.1, 0.15) is 0 Å². The molecule has 2 spiro atoms. The predicted molar refractivity (Wildman–Crippen MR) is 145 cm³/mol. The van der Waals surface area contributed by atoms with Crippen molar-refractivity contribution in [3.05, 3.63) is 17.5 Å². The van der Waals surface area contributed by atoms with Gasteiger partial charge in [-0.15, -0.1) is 10.2 Å². The zero-order chi connectivity index (χ0) is 28.2. The third-order valence-electron chi connectivity index (χ3n) is 11.0. The number of aromatic nitrogens is 3. The van der Waals surface area contributed by atoms with Gasteiger partial charge in [-0.1, -0.05) is 83.1 Å². The summed E-state index contributed by atoms with van der Waals surface area (Å²) < 4.78 is 0. The van der Waals surface area contributed by atoms with Crippen molar-refractivity contribution in [2.45, 2.75) is 144 Å². The predicted octanol–water partition coefficient (Wildman–Crippen LogP) is 7.45. The van der Waals surface area contributed by atoms with E-state index in [0.717, 1.165) is 44.2 Å². The van der Waals surface area contributed by atoms with Crippen LogP contribution in [-0.2, 0) is 30.4 Å². The minimum atomic E-state index is -0.444. The molecule has 1 aromatic heterocycles. The van der Waals surface area contributed by atoms with Gasteiger partial charge in [0.15, 0.2) is 0 Å². The van der Waals surface area contributed by atoms with E-state index in [1.807, 2.05) is 0 Å². The van der Waals surface area contributed by atoms with Crippen molar-refractivity contribution in [3.8, 4) is 0 Å². The van der Waals surface area contributed by atoms with Gasteiger partial charge in [-0.3, -0.25) is 0 Å². The van der Waals surface area contributed by atoms with E-state index in [4.69, 9.17) is 24.6 Å². The topological polar surface area (TPSA) is 88.8 Å². The Morgan fingerprint density at radius 3 is 1.45 bits per heavy atom. The van der Waals surface area contributed by atoms with Crippen LogP contribution in [0.25, 0.3) is 0 Å². The van der Waals surface area contributed by atoms with E-state index in [1.54, 1.807) is 0 Å². The summed E-state index contributed by atoms with van der Waals surface area (Å²) in [5.41, 5.74) is 1.86. The van der Waals surface area contributed by atoms with Crippen LogP contribution in [0.15, 0.2) is 6.20 Å². The van der Waals surface area contributed by atoms with Gasteiger partial charge in [-0.25, -0.2) is 0 Å². The molecule has 2 aliphatic heterocycles. The Labute approximate surface area is 230 Å². The maximum absolute atomic E-state index is 5.65. The second-order valence-corrected chi connectivity index (χ2v) is 17.0. The van der Waals surface area contributed by atoms with Crippen LogP contribution in [0.4, 0.5) is 0 Å². The second kappa shape index (κ2) is 8.20. The van der Waals surface area contributed by atoms with Crippen LogP contribution in [0.2, 0.25) is 0 Å². The molecule has 4 fully saturated rings. The maximum atomic E-state index is 5.65. The standard InChI is InChI=1S/C31H51N3O4/c1-24(2,3)21-17-28(35-36-28)13-15-30(21,26(7,8)9)20-19-32-34-33-23(20)31(27(10,11)12)16-14-29(37-38-29)18-22(31)25(4,5)6/h19,21-22H,13-18H2,1-12H3. The molecule has 4 atom stereocenters. The molecule has 0 bridgehead atoms. The fourth-order valence-corrected chi connectivity index (χ4v) is 8.90. The zero-order valence-electron chi connectivity index (χ0n) is 25.9. The third kappa shape index (κ3) is 4.17. The first kappa shape index (κ1) is 28.4. The third-order valence-corrected chi connectivity index (χ3v) is 11.0. The van der Waals surface area contributed by atoms with Gasteiger partial charge in [0.2, 0.25) is 11.6 Å². The number of hydrogen-bond donors (Lipinski definition) is 0. The van der Waals surface area contributed by atoms with Crippen molar-refractivity contribution in [1.82, 2.24) is 15.4 Å². The van der Waals surface area contributed by atoms with Gasteiger partial charge in [-0.05, 0) is 51.6 Å². The molecular weight excluding hydrogens is 478 g/mol. The number of nitrogens with zero attached hydrogens (tertiary/aromatic N) is 3. The fraction of sp³-hybridized carbons (Fsp3) is 0.903. The van der Waals surface area contributed by atoms with E-state index in [9.17, 15) is 0 Å². The van der Waals surface area contributed by atoms with E-state index in [1.165, 1.54) is 5.56 Å². The Morgan fingerprint density at radius 1 is 0.632 bits per heavy atom. The molecule has 2 aliphatic carbocycles. The van der Waals surface area contributed by atoms with E-state index in [0.29, 0.717) is 5.92 Å². The number of rotatable bonds is 2. The lowest BCUT2D eigenvalue weighted by Gasteiger charge is -2.61. The fourth-order valence-electron chi connectivity index (χ4n) is 8.90. The molecule has 2 saturated carbocycles. The molecular formula is C31H51N3O4. The van der Waals surface area contributed by atoms with Crippen molar-refractivity contribution in [3.63, 3.8) is 0 Å². The van der Waals surface area contributed by atoms with Crippen molar-refractivity contribution >= 4 is 0 Å². The summed E-state index contributed by atoms with van der Waals surface area (Å²) in [5.74, 6) is -0.308. The van der Waals surface area contributed by atoms with Crippen molar-refractivity contribution in [1.29, 1.82) is 0 Å². The van der Waals surface area contributed by atoms with E-state index < -0.39 is 11.6 Å². The summed E-state index contributed by atoms with van der Waals surface area (Å²) in [4.78, 5) is 22.6. The van der Waals surface area contributed by atoms with Gasteiger partial charge in [0.05, 0.1) is 11.9 Å². The monoisotopic (exact) mass is 529 g/mol. The van der Waals surface area contributed by atoms with Gasteiger partial charge < -0.3 is 0 Å².